The lowest BCUT2D eigenvalue weighted by Gasteiger charge is -2.58. The van der Waals surface area contributed by atoms with E-state index in [0.717, 1.165) is 17.8 Å². The summed E-state index contributed by atoms with van der Waals surface area (Å²) in [6, 6.07) is 11.4. The van der Waals surface area contributed by atoms with Crippen LogP contribution in [0.5, 0.6) is 0 Å². The Hall–Kier alpha value is -1.08. The summed E-state index contributed by atoms with van der Waals surface area (Å²) < 4.78 is 0. The van der Waals surface area contributed by atoms with Crippen LogP contribution in [0.25, 0.3) is 5.57 Å². The van der Waals surface area contributed by atoms with E-state index >= 15 is 0 Å². The van der Waals surface area contributed by atoms with Crippen molar-refractivity contribution in [1.82, 2.24) is 4.90 Å². The van der Waals surface area contributed by atoms with Crippen molar-refractivity contribution in [2.24, 2.45) is 23.2 Å². The molecule has 5 fully saturated rings. The molecule has 0 unspecified atom stereocenters. The molecular formula is C26H37N. The highest BCUT2D eigenvalue weighted by molar-refractivity contribution is 5.71. The van der Waals surface area contributed by atoms with Gasteiger partial charge in [-0.2, -0.15) is 0 Å². The number of piperidine rings is 1. The van der Waals surface area contributed by atoms with Gasteiger partial charge in [0.05, 0.1) is 0 Å². The van der Waals surface area contributed by atoms with Gasteiger partial charge in [-0.25, -0.2) is 0 Å². The fourth-order valence-electron chi connectivity index (χ4n) is 7.44. The smallest absolute Gasteiger partial charge is 0.00158 e. The molecule has 0 amide bonds. The second-order valence-electron chi connectivity index (χ2n) is 10.2. The summed E-state index contributed by atoms with van der Waals surface area (Å²) in [5.41, 5.74) is 3.78. The first-order valence-corrected chi connectivity index (χ1v) is 11.8. The lowest BCUT2D eigenvalue weighted by Crippen LogP contribution is -2.46. The molecular weight excluding hydrogens is 326 g/mol. The number of unbranched alkanes of at least 4 members (excludes halogenated alkanes) is 1. The standard InChI is InChI=1S/C26H37N/c1-3-9-24(10-4-1)25(11-5-8-14-27-12-6-2-7-13-27)26-18-21-15-22(19-26)17-23(16-21)20-26/h1,3-4,9-11,21-23H,2,5-8,12-20H2/b25-11+. The van der Waals surface area contributed by atoms with Crippen molar-refractivity contribution in [3.8, 4) is 0 Å². The van der Waals surface area contributed by atoms with Crippen LogP contribution in [0.1, 0.15) is 76.2 Å². The molecule has 1 aromatic carbocycles. The molecule has 146 valence electrons. The topological polar surface area (TPSA) is 3.24 Å². The van der Waals surface area contributed by atoms with E-state index in [9.17, 15) is 0 Å². The van der Waals surface area contributed by atoms with Crippen molar-refractivity contribution in [2.75, 3.05) is 19.6 Å². The quantitative estimate of drug-likeness (QED) is 0.518. The molecule has 0 aromatic heterocycles. The number of hydrogen-bond acceptors (Lipinski definition) is 1. The van der Waals surface area contributed by atoms with E-state index in [1.165, 1.54) is 95.8 Å². The van der Waals surface area contributed by atoms with Gasteiger partial charge in [0.2, 0.25) is 0 Å². The maximum Gasteiger partial charge on any atom is -0.00158 e. The minimum Gasteiger partial charge on any atom is -0.303 e. The number of rotatable bonds is 6. The first-order chi connectivity index (χ1) is 13.3. The summed E-state index contributed by atoms with van der Waals surface area (Å²) in [6.07, 6.45) is 18.6. The van der Waals surface area contributed by atoms with E-state index < -0.39 is 0 Å². The summed E-state index contributed by atoms with van der Waals surface area (Å²) >= 11 is 0. The third kappa shape index (κ3) is 3.77. The zero-order chi connectivity index (χ0) is 18.1. The van der Waals surface area contributed by atoms with E-state index in [2.05, 4.69) is 41.3 Å². The maximum atomic E-state index is 2.70. The lowest BCUT2D eigenvalue weighted by molar-refractivity contribution is -0.0178. The van der Waals surface area contributed by atoms with Crippen molar-refractivity contribution in [2.45, 2.75) is 70.6 Å². The Balaban J connectivity index is 1.34. The van der Waals surface area contributed by atoms with Crippen LogP contribution in [0.4, 0.5) is 0 Å². The normalized spacial score (nSPS) is 36.3. The first-order valence-electron chi connectivity index (χ1n) is 11.8. The van der Waals surface area contributed by atoms with Crippen LogP contribution in [-0.2, 0) is 0 Å². The Morgan fingerprint density at radius 1 is 0.889 bits per heavy atom. The highest BCUT2D eigenvalue weighted by Crippen LogP contribution is 2.64. The molecule has 1 saturated heterocycles. The number of hydrogen-bond donors (Lipinski definition) is 0. The molecule has 0 radical (unpaired) electrons. The van der Waals surface area contributed by atoms with Gasteiger partial charge in [-0.05, 0) is 118 Å². The SMILES string of the molecule is C(/CCCN1CCCCC1)=C(/c1ccccc1)C12CC3CC(CC(C3)C1)C2. The van der Waals surface area contributed by atoms with Gasteiger partial charge >= 0.3 is 0 Å². The summed E-state index contributed by atoms with van der Waals surface area (Å²) in [5, 5.41) is 0. The third-order valence-electron chi connectivity index (χ3n) is 8.17. The van der Waals surface area contributed by atoms with Gasteiger partial charge in [0, 0.05) is 0 Å². The van der Waals surface area contributed by atoms with Crippen LogP contribution in [0.2, 0.25) is 0 Å². The fourth-order valence-corrected chi connectivity index (χ4v) is 7.44. The van der Waals surface area contributed by atoms with Crippen LogP contribution in [0, 0.1) is 23.2 Å². The molecule has 0 N–H and O–H groups in total. The molecule has 4 bridgehead atoms. The van der Waals surface area contributed by atoms with Gasteiger partial charge in [0.25, 0.3) is 0 Å². The van der Waals surface area contributed by atoms with Gasteiger partial charge in [-0.1, -0.05) is 42.8 Å². The summed E-state index contributed by atoms with van der Waals surface area (Å²) in [7, 11) is 0. The molecule has 1 heterocycles. The Kier molecular flexibility index (Phi) is 5.15. The summed E-state index contributed by atoms with van der Waals surface area (Å²) in [5.74, 6) is 3.07. The van der Waals surface area contributed by atoms with Crippen LogP contribution < -0.4 is 0 Å². The lowest BCUT2D eigenvalue weighted by atomic mass is 9.47. The van der Waals surface area contributed by atoms with Crippen molar-refractivity contribution in [1.29, 1.82) is 0 Å². The molecule has 4 aliphatic carbocycles. The number of allylic oxidation sites excluding steroid dienone is 2. The zero-order valence-corrected chi connectivity index (χ0v) is 17.0. The molecule has 6 rings (SSSR count). The molecule has 1 nitrogen and oxygen atoms in total. The van der Waals surface area contributed by atoms with Gasteiger partial charge < -0.3 is 4.90 Å². The summed E-state index contributed by atoms with van der Waals surface area (Å²) in [4.78, 5) is 2.70. The highest BCUT2D eigenvalue weighted by atomic mass is 15.1. The molecule has 27 heavy (non-hydrogen) atoms. The highest BCUT2D eigenvalue weighted by Gasteiger charge is 2.52. The van der Waals surface area contributed by atoms with Crippen molar-refractivity contribution < 1.29 is 0 Å². The Bertz CT molecular complexity index is 617. The van der Waals surface area contributed by atoms with E-state index in [0.29, 0.717) is 5.41 Å². The monoisotopic (exact) mass is 363 g/mol. The van der Waals surface area contributed by atoms with E-state index in [1.54, 1.807) is 5.57 Å². The van der Waals surface area contributed by atoms with Gasteiger partial charge in [0.1, 0.15) is 0 Å². The Morgan fingerprint density at radius 3 is 2.15 bits per heavy atom. The van der Waals surface area contributed by atoms with Crippen molar-refractivity contribution in [3.05, 3.63) is 42.0 Å². The molecule has 0 spiro atoms. The van der Waals surface area contributed by atoms with Crippen LogP contribution in [-0.4, -0.2) is 24.5 Å². The molecule has 5 aliphatic rings. The third-order valence-corrected chi connectivity index (χ3v) is 8.17. The van der Waals surface area contributed by atoms with Crippen molar-refractivity contribution >= 4 is 5.57 Å². The van der Waals surface area contributed by atoms with Crippen LogP contribution in [0.15, 0.2) is 36.4 Å². The van der Waals surface area contributed by atoms with Gasteiger partial charge in [0.15, 0.2) is 0 Å². The first kappa shape index (κ1) is 18.0. The fraction of sp³-hybridized carbons (Fsp3) is 0.692. The maximum absolute atomic E-state index is 2.70. The number of likely N-dealkylation sites (tertiary alicyclic amines) is 1. The van der Waals surface area contributed by atoms with E-state index in [4.69, 9.17) is 0 Å². The number of benzene rings is 1. The van der Waals surface area contributed by atoms with E-state index in [1.807, 2.05) is 0 Å². The van der Waals surface area contributed by atoms with Gasteiger partial charge in [-0.15, -0.1) is 0 Å². The molecule has 0 atom stereocenters. The average molecular weight is 364 g/mol. The predicted octanol–water partition coefficient (Wildman–Crippen LogP) is 6.55. The molecule has 1 aliphatic heterocycles. The minimum absolute atomic E-state index is 0.515. The predicted molar refractivity (Wildman–Crippen MR) is 115 cm³/mol. The number of nitrogens with zero attached hydrogens (tertiary/aromatic N) is 1. The van der Waals surface area contributed by atoms with Crippen LogP contribution >= 0.6 is 0 Å². The van der Waals surface area contributed by atoms with Crippen molar-refractivity contribution in [3.63, 3.8) is 0 Å². The second kappa shape index (κ2) is 7.74. The Morgan fingerprint density at radius 2 is 1.52 bits per heavy atom. The molecule has 4 saturated carbocycles. The summed E-state index contributed by atoms with van der Waals surface area (Å²) in [6.45, 7) is 3.98. The second-order valence-corrected chi connectivity index (χ2v) is 10.2. The molecule has 1 aromatic rings. The molecule has 1 heteroatoms. The Labute approximate surface area is 166 Å². The zero-order valence-electron chi connectivity index (χ0n) is 17.0. The van der Waals surface area contributed by atoms with Crippen LogP contribution in [0.3, 0.4) is 0 Å². The average Bonchev–Trinajstić information content (AvgIpc) is 2.68. The van der Waals surface area contributed by atoms with E-state index in [-0.39, 0.29) is 0 Å². The minimum atomic E-state index is 0.515. The largest absolute Gasteiger partial charge is 0.303 e. The van der Waals surface area contributed by atoms with Gasteiger partial charge in [-0.3, -0.25) is 0 Å².